The molecule has 0 saturated heterocycles. The molecule has 1 amide bonds. The number of fused-ring (bicyclic) bond motifs is 1. The van der Waals surface area contributed by atoms with Gasteiger partial charge in [-0.15, -0.1) is 0 Å². The van der Waals surface area contributed by atoms with Gasteiger partial charge in [0, 0.05) is 5.71 Å². The molecule has 0 atom stereocenters. The molecule has 122 valence electrons. The molecule has 0 saturated carbocycles. The Morgan fingerprint density at radius 3 is 2.83 bits per heavy atom. The molecule has 0 bridgehead atoms. The quantitative estimate of drug-likeness (QED) is 0.564. The molecule has 0 aromatic heterocycles. The number of carbonyl (C=O) groups is 1. The summed E-state index contributed by atoms with van der Waals surface area (Å²) in [4.78, 5) is 11.8. The first-order chi connectivity index (χ1) is 11.1. The summed E-state index contributed by atoms with van der Waals surface area (Å²) in [6.07, 6.45) is 3.08. The van der Waals surface area contributed by atoms with E-state index in [-0.39, 0.29) is 12.5 Å². The highest BCUT2D eigenvalue weighted by atomic mass is 79.9. The van der Waals surface area contributed by atoms with Crippen molar-refractivity contribution in [2.24, 2.45) is 5.10 Å². The zero-order valence-corrected chi connectivity index (χ0v) is 15.0. The van der Waals surface area contributed by atoms with E-state index in [1.165, 1.54) is 0 Å². The van der Waals surface area contributed by atoms with Crippen molar-refractivity contribution in [2.45, 2.75) is 33.1 Å². The standard InChI is InChI=1S/C18H21BrN2O2/c1-3-4-7-13(2)20-21-17(22)12-23-16-11-10-14-8-5-6-9-15(14)18(16)19/h5-6,8-11H,3-4,7,12H2,1-2H3,(H,21,22)/b20-13-. The van der Waals surface area contributed by atoms with Gasteiger partial charge in [0.1, 0.15) is 5.75 Å². The van der Waals surface area contributed by atoms with Crippen LogP contribution in [0.25, 0.3) is 10.8 Å². The first kappa shape index (κ1) is 17.5. The van der Waals surface area contributed by atoms with Crippen LogP contribution in [0.1, 0.15) is 33.1 Å². The summed E-state index contributed by atoms with van der Waals surface area (Å²) < 4.78 is 6.44. The average Bonchev–Trinajstić information content (AvgIpc) is 2.57. The fourth-order valence-electron chi connectivity index (χ4n) is 2.15. The second-order valence-electron chi connectivity index (χ2n) is 5.37. The number of benzene rings is 2. The summed E-state index contributed by atoms with van der Waals surface area (Å²) in [6, 6.07) is 11.8. The van der Waals surface area contributed by atoms with Gasteiger partial charge in [-0.2, -0.15) is 5.10 Å². The Hall–Kier alpha value is -1.88. The fourth-order valence-corrected chi connectivity index (χ4v) is 2.75. The topological polar surface area (TPSA) is 50.7 Å². The molecule has 0 fully saturated rings. The average molecular weight is 377 g/mol. The molecule has 23 heavy (non-hydrogen) atoms. The predicted octanol–water partition coefficient (Wildman–Crippen LogP) is 4.66. The lowest BCUT2D eigenvalue weighted by Crippen LogP contribution is -2.25. The minimum absolute atomic E-state index is 0.0680. The van der Waals surface area contributed by atoms with E-state index in [2.05, 4.69) is 33.4 Å². The lowest BCUT2D eigenvalue weighted by atomic mass is 10.1. The number of hydrogen-bond donors (Lipinski definition) is 1. The van der Waals surface area contributed by atoms with Crippen LogP contribution in [0.4, 0.5) is 0 Å². The van der Waals surface area contributed by atoms with Crippen molar-refractivity contribution in [1.82, 2.24) is 5.43 Å². The van der Waals surface area contributed by atoms with Gasteiger partial charge in [-0.25, -0.2) is 5.43 Å². The summed E-state index contributed by atoms with van der Waals surface area (Å²) in [7, 11) is 0. The molecule has 0 radical (unpaired) electrons. The minimum atomic E-state index is -0.263. The van der Waals surface area contributed by atoms with Crippen LogP contribution < -0.4 is 10.2 Å². The van der Waals surface area contributed by atoms with E-state index in [0.717, 1.165) is 40.2 Å². The number of unbranched alkanes of at least 4 members (excludes halogenated alkanes) is 1. The number of nitrogens with zero attached hydrogens (tertiary/aromatic N) is 1. The number of carbonyl (C=O) groups excluding carboxylic acids is 1. The molecule has 2 aromatic carbocycles. The minimum Gasteiger partial charge on any atom is -0.483 e. The van der Waals surface area contributed by atoms with Crippen molar-refractivity contribution in [3.8, 4) is 5.75 Å². The van der Waals surface area contributed by atoms with Crippen molar-refractivity contribution >= 4 is 38.3 Å². The van der Waals surface area contributed by atoms with E-state index in [1.807, 2.05) is 43.3 Å². The van der Waals surface area contributed by atoms with Gasteiger partial charge in [-0.3, -0.25) is 4.79 Å². The molecule has 0 aliphatic heterocycles. The van der Waals surface area contributed by atoms with Crippen molar-refractivity contribution in [1.29, 1.82) is 0 Å². The first-order valence-corrected chi connectivity index (χ1v) is 8.53. The van der Waals surface area contributed by atoms with Crippen LogP contribution >= 0.6 is 15.9 Å². The van der Waals surface area contributed by atoms with Crippen molar-refractivity contribution in [3.63, 3.8) is 0 Å². The highest BCUT2D eigenvalue weighted by Gasteiger charge is 2.08. The third-order valence-electron chi connectivity index (χ3n) is 3.45. The summed E-state index contributed by atoms with van der Waals surface area (Å²) in [6.45, 7) is 3.97. The van der Waals surface area contributed by atoms with Crippen LogP contribution in [0.3, 0.4) is 0 Å². The number of nitrogens with one attached hydrogen (secondary N) is 1. The predicted molar refractivity (Wildman–Crippen MR) is 97.9 cm³/mol. The number of ether oxygens (including phenoxy) is 1. The number of halogens is 1. The Morgan fingerprint density at radius 1 is 1.26 bits per heavy atom. The number of hydrazone groups is 1. The number of rotatable bonds is 7. The number of hydrogen-bond acceptors (Lipinski definition) is 3. The monoisotopic (exact) mass is 376 g/mol. The maximum atomic E-state index is 11.8. The van der Waals surface area contributed by atoms with Crippen LogP contribution in [-0.2, 0) is 4.79 Å². The summed E-state index contributed by atoms with van der Waals surface area (Å²) in [5.41, 5.74) is 3.45. The Labute approximate surface area is 145 Å². The maximum Gasteiger partial charge on any atom is 0.277 e. The Bertz CT molecular complexity index is 713. The second kappa shape index (κ2) is 8.67. The van der Waals surface area contributed by atoms with E-state index in [0.29, 0.717) is 5.75 Å². The number of amides is 1. The van der Waals surface area contributed by atoms with E-state index in [4.69, 9.17) is 4.74 Å². The van der Waals surface area contributed by atoms with Gasteiger partial charge in [0.05, 0.1) is 4.47 Å². The molecule has 2 aromatic rings. The third kappa shape index (κ3) is 5.06. The molecule has 5 heteroatoms. The molecule has 0 aliphatic rings. The molecule has 1 N–H and O–H groups in total. The van der Waals surface area contributed by atoms with Gasteiger partial charge >= 0.3 is 0 Å². The Balaban J connectivity index is 1.93. The van der Waals surface area contributed by atoms with E-state index in [1.54, 1.807) is 0 Å². The van der Waals surface area contributed by atoms with Crippen LogP contribution in [0.15, 0.2) is 46.0 Å². The zero-order valence-electron chi connectivity index (χ0n) is 13.4. The fraction of sp³-hybridized carbons (Fsp3) is 0.333. The molecule has 0 spiro atoms. The van der Waals surface area contributed by atoms with Crippen molar-refractivity contribution in [3.05, 3.63) is 40.9 Å². The van der Waals surface area contributed by atoms with Crippen molar-refractivity contribution in [2.75, 3.05) is 6.61 Å². The molecular formula is C18H21BrN2O2. The summed E-state index contributed by atoms with van der Waals surface area (Å²) >= 11 is 3.54. The molecule has 4 nitrogen and oxygen atoms in total. The largest absolute Gasteiger partial charge is 0.483 e. The highest BCUT2D eigenvalue weighted by Crippen LogP contribution is 2.32. The molecule has 0 heterocycles. The van der Waals surface area contributed by atoms with Crippen LogP contribution in [0.5, 0.6) is 5.75 Å². The van der Waals surface area contributed by atoms with Crippen LogP contribution in [0.2, 0.25) is 0 Å². The van der Waals surface area contributed by atoms with Crippen molar-refractivity contribution < 1.29 is 9.53 Å². The van der Waals surface area contributed by atoms with Crippen LogP contribution in [-0.4, -0.2) is 18.2 Å². The van der Waals surface area contributed by atoms with Gasteiger partial charge in [0.25, 0.3) is 5.91 Å². The lowest BCUT2D eigenvalue weighted by molar-refractivity contribution is -0.123. The normalized spacial score (nSPS) is 11.5. The molecule has 0 unspecified atom stereocenters. The second-order valence-corrected chi connectivity index (χ2v) is 6.17. The summed E-state index contributed by atoms with van der Waals surface area (Å²) in [5, 5.41) is 6.24. The third-order valence-corrected chi connectivity index (χ3v) is 4.27. The molecule has 0 aliphatic carbocycles. The smallest absolute Gasteiger partial charge is 0.277 e. The Morgan fingerprint density at radius 2 is 2.04 bits per heavy atom. The highest BCUT2D eigenvalue weighted by molar-refractivity contribution is 9.10. The van der Waals surface area contributed by atoms with Crippen LogP contribution in [0, 0.1) is 0 Å². The summed E-state index contributed by atoms with van der Waals surface area (Å²) in [5.74, 6) is 0.381. The van der Waals surface area contributed by atoms with Gasteiger partial charge in [0.15, 0.2) is 6.61 Å². The van der Waals surface area contributed by atoms with E-state index < -0.39 is 0 Å². The SMILES string of the molecule is CCCC/C(C)=N\NC(=O)COc1ccc2ccccc2c1Br. The van der Waals surface area contributed by atoms with Gasteiger partial charge < -0.3 is 4.74 Å². The first-order valence-electron chi connectivity index (χ1n) is 7.74. The van der Waals surface area contributed by atoms with E-state index >= 15 is 0 Å². The Kier molecular flexibility index (Phi) is 6.59. The van der Waals surface area contributed by atoms with Gasteiger partial charge in [0.2, 0.25) is 0 Å². The van der Waals surface area contributed by atoms with E-state index in [9.17, 15) is 4.79 Å². The van der Waals surface area contributed by atoms with Gasteiger partial charge in [-0.1, -0.05) is 43.7 Å². The molecular weight excluding hydrogens is 356 g/mol. The lowest BCUT2D eigenvalue weighted by Gasteiger charge is -2.09. The maximum absolute atomic E-state index is 11.8. The van der Waals surface area contributed by atoms with Gasteiger partial charge in [-0.05, 0) is 52.5 Å². The zero-order chi connectivity index (χ0) is 16.7. The molecule has 2 rings (SSSR count).